The molecule has 2 atom stereocenters. The molecule has 218 valence electrons. The zero-order valence-corrected chi connectivity index (χ0v) is 24.7. The van der Waals surface area contributed by atoms with Crippen LogP contribution in [0.3, 0.4) is 0 Å². The number of allylic oxidation sites excluding steroid dienone is 1. The van der Waals surface area contributed by atoms with Crippen LogP contribution < -0.4 is 10.6 Å². The molecule has 2 amide bonds. The minimum atomic E-state index is -0.590. The molecule has 1 aliphatic carbocycles. The van der Waals surface area contributed by atoms with Gasteiger partial charge in [0.15, 0.2) is 0 Å². The van der Waals surface area contributed by atoms with Gasteiger partial charge in [-0.05, 0) is 60.1 Å². The fourth-order valence-corrected chi connectivity index (χ4v) is 5.96. The van der Waals surface area contributed by atoms with Crippen LogP contribution in [0.25, 0.3) is 0 Å². The van der Waals surface area contributed by atoms with E-state index in [0.29, 0.717) is 43.3 Å². The van der Waals surface area contributed by atoms with Crippen molar-refractivity contribution >= 4 is 17.5 Å². The van der Waals surface area contributed by atoms with E-state index in [1.54, 1.807) is 6.92 Å². The van der Waals surface area contributed by atoms with E-state index in [0.717, 1.165) is 42.1 Å². The van der Waals surface area contributed by atoms with Crippen LogP contribution in [0.1, 0.15) is 69.1 Å². The van der Waals surface area contributed by atoms with Gasteiger partial charge in [-0.15, -0.1) is 0 Å². The van der Waals surface area contributed by atoms with Crippen LogP contribution in [0, 0.1) is 23.2 Å². The van der Waals surface area contributed by atoms with Crippen molar-refractivity contribution < 1.29 is 9.59 Å². The van der Waals surface area contributed by atoms with Crippen molar-refractivity contribution in [3.05, 3.63) is 77.5 Å². The number of rotatable bonds is 11. The third kappa shape index (κ3) is 8.68. The number of nitrogens with zero attached hydrogens (tertiary/aromatic N) is 3. The van der Waals surface area contributed by atoms with Gasteiger partial charge in [0.05, 0.1) is 11.6 Å². The van der Waals surface area contributed by atoms with Crippen LogP contribution in [0.4, 0.5) is 5.69 Å². The summed E-state index contributed by atoms with van der Waals surface area (Å²) in [6.45, 7) is 12.0. The van der Waals surface area contributed by atoms with E-state index in [9.17, 15) is 9.59 Å². The second-order valence-electron chi connectivity index (χ2n) is 11.6. The number of nitriles is 1. The third-order valence-electron chi connectivity index (χ3n) is 8.73. The Bertz CT molecular complexity index is 1200. The van der Waals surface area contributed by atoms with Gasteiger partial charge in [0.2, 0.25) is 11.8 Å². The Morgan fingerprint density at radius 1 is 0.976 bits per heavy atom. The molecule has 2 aromatic rings. The number of amides is 2. The summed E-state index contributed by atoms with van der Waals surface area (Å²) in [5.74, 6) is 0.997. The number of hydrogen-bond acceptors (Lipinski definition) is 5. The van der Waals surface area contributed by atoms with Crippen LogP contribution in [-0.2, 0) is 22.6 Å². The standard InChI is InChI=1S/C34H45N5O2/c1-4-33(40)37-32(34(41)39-20-18-38(19-21-39)24-29-12-10-28(23-35)11-13-29)22-27-14-16-31(17-15-27)36-26(3)25(2)30-8-6-5-7-9-30/h10-17,25,30,32,36H,3-9,18-22,24H2,1-2H3,(H,37,40)/t25-,32?/m1/s1. The molecule has 41 heavy (non-hydrogen) atoms. The highest BCUT2D eigenvalue weighted by Crippen LogP contribution is 2.33. The number of piperazine rings is 1. The van der Waals surface area contributed by atoms with E-state index >= 15 is 0 Å². The molecule has 1 aliphatic heterocycles. The molecular formula is C34H45N5O2. The molecule has 0 bridgehead atoms. The van der Waals surface area contributed by atoms with E-state index in [2.05, 4.69) is 35.1 Å². The van der Waals surface area contributed by atoms with Gasteiger partial charge in [0.1, 0.15) is 6.04 Å². The van der Waals surface area contributed by atoms with Crippen LogP contribution in [0.5, 0.6) is 0 Å². The largest absolute Gasteiger partial charge is 0.359 e. The topological polar surface area (TPSA) is 88.5 Å². The fraction of sp³-hybridized carbons (Fsp3) is 0.500. The van der Waals surface area contributed by atoms with Gasteiger partial charge in [-0.1, -0.05) is 64.0 Å². The van der Waals surface area contributed by atoms with Crippen molar-refractivity contribution in [1.82, 2.24) is 15.1 Å². The SMILES string of the molecule is C=C(Nc1ccc(CC(NC(=O)CC)C(=O)N2CCN(Cc3ccc(C#N)cc3)CC2)cc1)[C@@H](C)C1CCCCC1. The van der Waals surface area contributed by atoms with Crippen LogP contribution in [0.2, 0.25) is 0 Å². The number of carbonyl (C=O) groups is 2. The number of anilines is 1. The second kappa shape index (κ2) is 14.8. The molecular weight excluding hydrogens is 510 g/mol. The third-order valence-corrected chi connectivity index (χ3v) is 8.73. The summed E-state index contributed by atoms with van der Waals surface area (Å²) in [7, 11) is 0. The predicted molar refractivity (Wildman–Crippen MR) is 164 cm³/mol. The first-order valence-corrected chi connectivity index (χ1v) is 15.2. The summed E-state index contributed by atoms with van der Waals surface area (Å²) in [6.07, 6.45) is 7.35. The molecule has 1 saturated heterocycles. The van der Waals surface area contributed by atoms with Crippen molar-refractivity contribution in [2.24, 2.45) is 11.8 Å². The summed E-state index contributed by atoms with van der Waals surface area (Å²) < 4.78 is 0. The van der Waals surface area contributed by atoms with Crippen LogP contribution in [-0.4, -0.2) is 53.8 Å². The average Bonchev–Trinajstić information content (AvgIpc) is 3.02. The monoisotopic (exact) mass is 555 g/mol. The van der Waals surface area contributed by atoms with E-state index in [1.807, 2.05) is 53.4 Å². The van der Waals surface area contributed by atoms with Gasteiger partial charge in [-0.3, -0.25) is 14.5 Å². The lowest BCUT2D eigenvalue weighted by Crippen LogP contribution is -2.55. The summed E-state index contributed by atoms with van der Waals surface area (Å²) in [5.41, 5.74) is 4.88. The van der Waals surface area contributed by atoms with Crippen molar-refractivity contribution in [1.29, 1.82) is 5.26 Å². The first kappa shape index (κ1) is 30.3. The highest BCUT2D eigenvalue weighted by atomic mass is 16.2. The molecule has 0 aromatic heterocycles. The molecule has 1 heterocycles. The van der Waals surface area contributed by atoms with Crippen molar-refractivity contribution in [3.63, 3.8) is 0 Å². The molecule has 2 aliphatic rings. The Labute approximate surface area is 245 Å². The Hall–Kier alpha value is -3.63. The van der Waals surface area contributed by atoms with E-state index in [1.165, 1.54) is 32.1 Å². The first-order valence-electron chi connectivity index (χ1n) is 15.2. The highest BCUT2D eigenvalue weighted by Gasteiger charge is 2.29. The van der Waals surface area contributed by atoms with Crippen LogP contribution in [0.15, 0.2) is 60.8 Å². The lowest BCUT2D eigenvalue weighted by Gasteiger charge is -2.36. The molecule has 7 heteroatoms. The van der Waals surface area contributed by atoms with E-state index in [-0.39, 0.29) is 11.8 Å². The van der Waals surface area contributed by atoms with Gasteiger partial charge in [-0.2, -0.15) is 5.26 Å². The molecule has 0 radical (unpaired) electrons. The maximum Gasteiger partial charge on any atom is 0.245 e. The molecule has 2 fully saturated rings. The molecule has 7 nitrogen and oxygen atoms in total. The average molecular weight is 556 g/mol. The van der Waals surface area contributed by atoms with E-state index in [4.69, 9.17) is 5.26 Å². The summed E-state index contributed by atoms with van der Waals surface area (Å²) in [4.78, 5) is 30.1. The number of benzene rings is 2. The maximum atomic E-state index is 13.6. The Kier molecular flexibility index (Phi) is 11.0. The Morgan fingerprint density at radius 3 is 2.22 bits per heavy atom. The van der Waals surface area contributed by atoms with Crippen molar-refractivity contribution in [2.75, 3.05) is 31.5 Å². The quantitative estimate of drug-likeness (QED) is 0.383. The van der Waals surface area contributed by atoms with Gasteiger partial charge >= 0.3 is 0 Å². The number of carbonyl (C=O) groups excluding carboxylic acids is 2. The van der Waals surface area contributed by atoms with Gasteiger partial charge < -0.3 is 15.5 Å². The number of hydrogen-bond donors (Lipinski definition) is 2. The zero-order valence-electron chi connectivity index (χ0n) is 24.7. The molecule has 0 spiro atoms. The number of nitrogens with one attached hydrogen (secondary N) is 2. The van der Waals surface area contributed by atoms with Crippen LogP contribution >= 0.6 is 0 Å². The Morgan fingerprint density at radius 2 is 1.61 bits per heavy atom. The maximum absolute atomic E-state index is 13.6. The first-order chi connectivity index (χ1) is 19.9. The minimum absolute atomic E-state index is 0.0262. The lowest BCUT2D eigenvalue weighted by molar-refractivity contribution is -0.138. The normalized spacial score (nSPS) is 17.7. The smallest absolute Gasteiger partial charge is 0.245 e. The fourth-order valence-electron chi connectivity index (χ4n) is 5.96. The Balaban J connectivity index is 1.32. The summed E-state index contributed by atoms with van der Waals surface area (Å²) >= 11 is 0. The molecule has 4 rings (SSSR count). The second-order valence-corrected chi connectivity index (χ2v) is 11.6. The summed E-state index contributed by atoms with van der Waals surface area (Å²) in [6, 6.07) is 17.4. The summed E-state index contributed by atoms with van der Waals surface area (Å²) in [5, 5.41) is 15.5. The zero-order chi connectivity index (χ0) is 29.2. The molecule has 2 aromatic carbocycles. The van der Waals surface area contributed by atoms with Gasteiger partial charge in [0.25, 0.3) is 0 Å². The van der Waals surface area contributed by atoms with Crippen molar-refractivity contribution in [2.45, 2.75) is 71.4 Å². The minimum Gasteiger partial charge on any atom is -0.359 e. The lowest BCUT2D eigenvalue weighted by atomic mass is 9.79. The predicted octanol–water partition coefficient (Wildman–Crippen LogP) is 5.48. The molecule has 2 N–H and O–H groups in total. The van der Waals surface area contributed by atoms with Crippen molar-refractivity contribution in [3.8, 4) is 6.07 Å². The molecule has 1 unspecified atom stereocenters. The van der Waals surface area contributed by atoms with Gasteiger partial charge in [-0.25, -0.2) is 0 Å². The van der Waals surface area contributed by atoms with E-state index < -0.39 is 6.04 Å². The highest BCUT2D eigenvalue weighted by molar-refractivity contribution is 5.88. The van der Waals surface area contributed by atoms with Gasteiger partial charge in [0, 0.05) is 56.9 Å². The molecule has 1 saturated carbocycles.